The standard InChI is InChI=1S/C20H35NO3/c1-12(2)17-10-9-16(11-18(17)19(22)13(3)4)24-20(23)21(14(5)6)15(7)8/h11-12,14-15,17-19,22H,3,9-10H2,1-2,4-8H3/t17-,18+,19+/m1/s1. The van der Waals surface area contributed by atoms with E-state index in [0.717, 1.165) is 18.4 Å². The van der Waals surface area contributed by atoms with Crippen molar-refractivity contribution in [2.24, 2.45) is 17.8 Å². The molecule has 1 amide bonds. The summed E-state index contributed by atoms with van der Waals surface area (Å²) < 4.78 is 5.67. The Bertz CT molecular complexity index is 471. The van der Waals surface area contributed by atoms with Crippen LogP contribution in [0.2, 0.25) is 0 Å². The lowest BCUT2D eigenvalue weighted by molar-refractivity contribution is 0.0755. The minimum atomic E-state index is -0.599. The second kappa shape index (κ2) is 8.70. The van der Waals surface area contributed by atoms with Crippen molar-refractivity contribution < 1.29 is 14.6 Å². The van der Waals surface area contributed by atoms with Crippen molar-refractivity contribution in [3.05, 3.63) is 24.0 Å². The van der Waals surface area contributed by atoms with Crippen molar-refractivity contribution in [1.82, 2.24) is 4.90 Å². The molecule has 1 aliphatic carbocycles. The van der Waals surface area contributed by atoms with Crippen LogP contribution in [0.25, 0.3) is 0 Å². The van der Waals surface area contributed by atoms with Crippen LogP contribution in [0.5, 0.6) is 0 Å². The smallest absolute Gasteiger partial charge is 0.415 e. The van der Waals surface area contributed by atoms with Crippen LogP contribution < -0.4 is 0 Å². The number of carbonyl (C=O) groups excluding carboxylic acids is 1. The molecule has 0 saturated heterocycles. The SMILES string of the molecule is C=C(C)[C@H](O)[C@H]1C=C(OC(=O)N(C(C)C)C(C)C)CC[C@@H]1C(C)C. The Morgan fingerprint density at radius 2 is 1.79 bits per heavy atom. The van der Waals surface area contributed by atoms with Crippen molar-refractivity contribution >= 4 is 6.09 Å². The second-order valence-electron chi connectivity index (χ2n) is 7.91. The molecule has 1 N–H and O–H groups in total. The van der Waals surface area contributed by atoms with Crippen LogP contribution in [-0.4, -0.2) is 34.3 Å². The zero-order chi connectivity index (χ0) is 18.6. The summed E-state index contributed by atoms with van der Waals surface area (Å²) in [7, 11) is 0. The van der Waals surface area contributed by atoms with Gasteiger partial charge in [-0.15, -0.1) is 0 Å². The first-order valence-electron chi connectivity index (χ1n) is 9.10. The third-order valence-corrected chi connectivity index (χ3v) is 4.86. The molecular formula is C20H35NO3. The molecule has 1 aliphatic rings. The molecular weight excluding hydrogens is 302 g/mol. The average molecular weight is 338 g/mol. The predicted octanol–water partition coefficient (Wildman–Crippen LogP) is 4.74. The molecule has 138 valence electrons. The number of carbonyl (C=O) groups is 1. The molecule has 4 nitrogen and oxygen atoms in total. The third-order valence-electron chi connectivity index (χ3n) is 4.86. The van der Waals surface area contributed by atoms with Gasteiger partial charge in [0, 0.05) is 24.4 Å². The van der Waals surface area contributed by atoms with Crippen LogP contribution in [0.15, 0.2) is 24.0 Å². The molecule has 0 heterocycles. The fourth-order valence-electron chi connectivity index (χ4n) is 3.62. The van der Waals surface area contributed by atoms with Gasteiger partial charge in [0.1, 0.15) is 5.76 Å². The maximum atomic E-state index is 12.5. The van der Waals surface area contributed by atoms with E-state index < -0.39 is 6.10 Å². The molecule has 0 aliphatic heterocycles. The van der Waals surface area contributed by atoms with Crippen LogP contribution in [0.1, 0.15) is 61.3 Å². The summed E-state index contributed by atoms with van der Waals surface area (Å²) in [5, 5.41) is 10.5. The summed E-state index contributed by atoms with van der Waals surface area (Å²) in [6.45, 7) is 18.0. The van der Waals surface area contributed by atoms with E-state index in [4.69, 9.17) is 4.74 Å². The van der Waals surface area contributed by atoms with E-state index >= 15 is 0 Å². The van der Waals surface area contributed by atoms with Gasteiger partial charge in [0.25, 0.3) is 0 Å². The van der Waals surface area contributed by atoms with Crippen molar-refractivity contribution in [3.8, 4) is 0 Å². The quantitative estimate of drug-likeness (QED) is 0.712. The Morgan fingerprint density at radius 3 is 2.21 bits per heavy atom. The van der Waals surface area contributed by atoms with Gasteiger partial charge < -0.3 is 14.7 Å². The number of aliphatic hydroxyl groups excluding tert-OH is 1. The number of nitrogens with zero attached hydrogens (tertiary/aromatic N) is 1. The molecule has 0 unspecified atom stereocenters. The molecule has 24 heavy (non-hydrogen) atoms. The number of amides is 1. The molecule has 0 aromatic heterocycles. The number of ether oxygens (including phenoxy) is 1. The number of hydrogen-bond acceptors (Lipinski definition) is 3. The van der Waals surface area contributed by atoms with E-state index in [-0.39, 0.29) is 24.1 Å². The highest BCUT2D eigenvalue weighted by Gasteiger charge is 2.34. The molecule has 0 saturated carbocycles. The van der Waals surface area contributed by atoms with Crippen LogP contribution in [-0.2, 0) is 4.74 Å². The summed E-state index contributed by atoms with van der Waals surface area (Å²) in [5.74, 6) is 1.45. The first kappa shape index (κ1) is 20.8. The van der Waals surface area contributed by atoms with E-state index in [2.05, 4.69) is 20.4 Å². The molecule has 0 aromatic rings. The first-order chi connectivity index (χ1) is 11.1. The Balaban J connectivity index is 2.97. The fraction of sp³-hybridized carbons (Fsp3) is 0.750. The zero-order valence-corrected chi connectivity index (χ0v) is 16.4. The largest absolute Gasteiger partial charge is 0.415 e. The third kappa shape index (κ3) is 5.10. The summed E-state index contributed by atoms with van der Waals surface area (Å²) in [6.07, 6.45) is 2.69. The van der Waals surface area contributed by atoms with E-state index in [1.807, 2.05) is 40.7 Å². The van der Waals surface area contributed by atoms with Gasteiger partial charge in [-0.2, -0.15) is 0 Å². The molecule has 3 atom stereocenters. The highest BCUT2D eigenvalue weighted by Crippen LogP contribution is 2.38. The van der Waals surface area contributed by atoms with Gasteiger partial charge in [-0.05, 0) is 59.0 Å². The molecule has 1 rings (SSSR count). The monoisotopic (exact) mass is 337 g/mol. The number of rotatable bonds is 6. The van der Waals surface area contributed by atoms with Crippen LogP contribution in [0.4, 0.5) is 4.79 Å². The minimum absolute atomic E-state index is 0.0504. The van der Waals surface area contributed by atoms with Gasteiger partial charge >= 0.3 is 6.09 Å². The van der Waals surface area contributed by atoms with Gasteiger partial charge in [-0.1, -0.05) is 26.0 Å². The maximum absolute atomic E-state index is 12.5. The summed E-state index contributed by atoms with van der Waals surface area (Å²) in [6, 6.07) is 0.170. The number of allylic oxidation sites excluding steroid dienone is 1. The van der Waals surface area contributed by atoms with Gasteiger partial charge in [-0.25, -0.2) is 4.79 Å². The highest BCUT2D eigenvalue weighted by molar-refractivity contribution is 5.69. The summed E-state index contributed by atoms with van der Waals surface area (Å²) in [5.41, 5.74) is 0.750. The first-order valence-corrected chi connectivity index (χ1v) is 9.10. The van der Waals surface area contributed by atoms with Crippen molar-refractivity contribution in [1.29, 1.82) is 0 Å². The lowest BCUT2D eigenvalue weighted by Crippen LogP contribution is -2.42. The normalized spacial score (nSPS) is 22.5. The predicted molar refractivity (Wildman–Crippen MR) is 98.5 cm³/mol. The van der Waals surface area contributed by atoms with E-state index in [0.29, 0.717) is 17.6 Å². The number of hydrogen-bond donors (Lipinski definition) is 1. The van der Waals surface area contributed by atoms with Crippen molar-refractivity contribution in [2.45, 2.75) is 79.5 Å². The topological polar surface area (TPSA) is 49.8 Å². The average Bonchev–Trinajstić information content (AvgIpc) is 2.44. The molecule has 0 bridgehead atoms. The minimum Gasteiger partial charge on any atom is -0.415 e. The second-order valence-corrected chi connectivity index (χ2v) is 7.91. The van der Waals surface area contributed by atoms with Gasteiger partial charge in [0.15, 0.2) is 0 Å². The van der Waals surface area contributed by atoms with E-state index in [1.165, 1.54) is 0 Å². The Morgan fingerprint density at radius 1 is 1.25 bits per heavy atom. The van der Waals surface area contributed by atoms with E-state index in [9.17, 15) is 9.90 Å². The molecule has 0 spiro atoms. The Hall–Kier alpha value is -1.29. The zero-order valence-electron chi connectivity index (χ0n) is 16.4. The summed E-state index contributed by atoms with van der Waals surface area (Å²) >= 11 is 0. The van der Waals surface area contributed by atoms with Crippen molar-refractivity contribution in [2.75, 3.05) is 0 Å². The van der Waals surface area contributed by atoms with E-state index in [1.54, 1.807) is 4.90 Å². The molecule has 0 aromatic carbocycles. The Kier molecular flexibility index (Phi) is 7.53. The van der Waals surface area contributed by atoms with Gasteiger partial charge in [0.05, 0.1) is 6.10 Å². The van der Waals surface area contributed by atoms with Gasteiger partial charge in [-0.3, -0.25) is 0 Å². The molecule has 4 heteroatoms. The summed E-state index contributed by atoms with van der Waals surface area (Å²) in [4.78, 5) is 14.2. The lowest BCUT2D eigenvalue weighted by atomic mass is 9.73. The Labute approximate surface area is 147 Å². The lowest BCUT2D eigenvalue weighted by Gasteiger charge is -2.36. The molecule has 0 fully saturated rings. The van der Waals surface area contributed by atoms with Crippen LogP contribution >= 0.6 is 0 Å². The maximum Gasteiger partial charge on any atom is 0.415 e. The number of aliphatic hydroxyl groups is 1. The van der Waals surface area contributed by atoms with Gasteiger partial charge in [0.2, 0.25) is 0 Å². The van der Waals surface area contributed by atoms with Crippen molar-refractivity contribution in [3.63, 3.8) is 0 Å². The van der Waals surface area contributed by atoms with Crippen LogP contribution in [0.3, 0.4) is 0 Å². The fourth-order valence-corrected chi connectivity index (χ4v) is 3.62. The van der Waals surface area contributed by atoms with Crippen LogP contribution in [0, 0.1) is 17.8 Å². The highest BCUT2D eigenvalue weighted by atomic mass is 16.6. The molecule has 0 radical (unpaired) electrons.